The standard InChI is InChI=1S/C29H34N2O4/c32-27(30-18-23-13-7-8-14-24(23)19-30)17-25(15-21-9-3-1-4-10-21)28(33)31-26(20-35-29(31)34)16-22-11-5-2-6-12-22/h1-6,9-12,23-26H,7-8,13-20H2/t23?,24?,25-,26+/m0/s1. The highest BCUT2D eigenvalue weighted by Gasteiger charge is 2.43. The first-order valence-electron chi connectivity index (χ1n) is 12.9. The smallest absolute Gasteiger partial charge is 0.416 e. The minimum absolute atomic E-state index is 0.0286. The predicted molar refractivity (Wildman–Crippen MR) is 132 cm³/mol. The van der Waals surface area contributed by atoms with Gasteiger partial charge in [-0.05, 0) is 48.6 Å². The molecule has 4 atom stereocenters. The van der Waals surface area contributed by atoms with Crippen LogP contribution in [0, 0.1) is 17.8 Å². The molecule has 2 aliphatic heterocycles. The van der Waals surface area contributed by atoms with Crippen LogP contribution in [0.15, 0.2) is 60.7 Å². The molecule has 1 aliphatic carbocycles. The normalized spacial score (nSPS) is 24.7. The van der Waals surface area contributed by atoms with Crippen molar-refractivity contribution in [1.82, 2.24) is 9.80 Å². The SMILES string of the molecule is O=C(C[C@H](Cc1ccccc1)C(=O)N1C(=O)OC[C@H]1Cc1ccccc1)N1CC2CCCCC2C1. The van der Waals surface area contributed by atoms with E-state index in [1.165, 1.54) is 30.6 Å². The van der Waals surface area contributed by atoms with Crippen molar-refractivity contribution < 1.29 is 19.1 Å². The van der Waals surface area contributed by atoms with Gasteiger partial charge < -0.3 is 9.64 Å². The molecule has 3 aliphatic rings. The Kier molecular flexibility index (Phi) is 7.16. The lowest BCUT2D eigenvalue weighted by Crippen LogP contribution is -2.45. The molecule has 0 spiro atoms. The van der Waals surface area contributed by atoms with E-state index in [1.807, 2.05) is 65.6 Å². The van der Waals surface area contributed by atoms with E-state index in [1.54, 1.807) is 0 Å². The zero-order valence-electron chi connectivity index (χ0n) is 20.2. The van der Waals surface area contributed by atoms with Gasteiger partial charge in [-0.1, -0.05) is 73.5 Å². The number of carbonyl (C=O) groups excluding carboxylic acids is 3. The molecule has 2 aromatic rings. The van der Waals surface area contributed by atoms with Crippen LogP contribution in [0.25, 0.3) is 0 Å². The summed E-state index contributed by atoms with van der Waals surface area (Å²) in [6.07, 6.45) is 5.37. The average Bonchev–Trinajstić information content (AvgIpc) is 3.48. The van der Waals surface area contributed by atoms with Gasteiger partial charge in [-0.15, -0.1) is 0 Å². The molecule has 2 aromatic carbocycles. The monoisotopic (exact) mass is 474 g/mol. The Morgan fingerprint density at radius 1 is 0.886 bits per heavy atom. The maximum atomic E-state index is 13.8. The maximum absolute atomic E-state index is 13.8. The first kappa shape index (κ1) is 23.6. The van der Waals surface area contributed by atoms with Crippen LogP contribution in [0.5, 0.6) is 0 Å². The summed E-state index contributed by atoms with van der Waals surface area (Å²) < 4.78 is 5.31. The quantitative estimate of drug-likeness (QED) is 0.594. The van der Waals surface area contributed by atoms with E-state index in [0.717, 1.165) is 24.2 Å². The van der Waals surface area contributed by atoms with Gasteiger partial charge in [0.2, 0.25) is 11.8 Å². The molecular weight excluding hydrogens is 440 g/mol. The highest BCUT2D eigenvalue weighted by molar-refractivity contribution is 5.96. The van der Waals surface area contributed by atoms with Crippen LogP contribution in [0.4, 0.5) is 4.79 Å². The van der Waals surface area contributed by atoms with Crippen molar-refractivity contribution in [3.8, 4) is 0 Å². The van der Waals surface area contributed by atoms with Gasteiger partial charge in [-0.2, -0.15) is 0 Å². The third kappa shape index (κ3) is 5.42. The van der Waals surface area contributed by atoms with E-state index >= 15 is 0 Å². The largest absolute Gasteiger partial charge is 0.447 e. The molecule has 35 heavy (non-hydrogen) atoms. The molecule has 0 N–H and O–H groups in total. The number of rotatable bonds is 7. The molecule has 0 aromatic heterocycles. The summed E-state index contributed by atoms with van der Waals surface area (Å²) in [5.41, 5.74) is 2.03. The van der Waals surface area contributed by atoms with Crippen LogP contribution in [0.1, 0.15) is 43.2 Å². The number of likely N-dealkylation sites (tertiary alicyclic amines) is 1. The van der Waals surface area contributed by atoms with E-state index in [9.17, 15) is 14.4 Å². The third-order valence-electron chi connectivity index (χ3n) is 7.94. The third-order valence-corrected chi connectivity index (χ3v) is 7.94. The molecule has 5 rings (SSSR count). The van der Waals surface area contributed by atoms with Crippen LogP contribution in [-0.2, 0) is 27.2 Å². The number of nitrogens with zero attached hydrogens (tertiary/aromatic N) is 2. The Morgan fingerprint density at radius 2 is 1.49 bits per heavy atom. The van der Waals surface area contributed by atoms with Crippen LogP contribution in [0.3, 0.4) is 0 Å². The molecule has 184 valence electrons. The Hall–Kier alpha value is -3.15. The zero-order valence-corrected chi connectivity index (χ0v) is 20.2. The van der Waals surface area contributed by atoms with E-state index in [2.05, 4.69) is 0 Å². The molecule has 2 heterocycles. The van der Waals surface area contributed by atoms with Crippen LogP contribution in [0.2, 0.25) is 0 Å². The first-order valence-corrected chi connectivity index (χ1v) is 12.9. The lowest BCUT2D eigenvalue weighted by Gasteiger charge is -2.26. The number of hydrogen-bond donors (Lipinski definition) is 0. The van der Waals surface area contributed by atoms with E-state index in [4.69, 9.17) is 4.74 Å². The number of hydrogen-bond acceptors (Lipinski definition) is 4. The highest BCUT2D eigenvalue weighted by atomic mass is 16.6. The Labute approximate surface area is 207 Å². The van der Waals surface area contributed by atoms with Gasteiger partial charge in [0.15, 0.2) is 0 Å². The van der Waals surface area contributed by atoms with Crippen LogP contribution in [-0.4, -0.2) is 53.4 Å². The van der Waals surface area contributed by atoms with E-state index in [-0.39, 0.29) is 30.9 Å². The number of imide groups is 1. The minimum atomic E-state index is -0.603. The highest BCUT2D eigenvalue weighted by Crippen LogP contribution is 2.36. The second-order valence-corrected chi connectivity index (χ2v) is 10.3. The molecular formula is C29H34N2O4. The van der Waals surface area contributed by atoms with Gasteiger partial charge in [0, 0.05) is 19.5 Å². The van der Waals surface area contributed by atoms with E-state index in [0.29, 0.717) is 24.7 Å². The van der Waals surface area contributed by atoms with Gasteiger partial charge >= 0.3 is 6.09 Å². The molecule has 1 saturated carbocycles. The van der Waals surface area contributed by atoms with Crippen molar-refractivity contribution in [3.05, 3.63) is 71.8 Å². The summed E-state index contributed by atoms with van der Waals surface area (Å²) in [7, 11) is 0. The fourth-order valence-corrected chi connectivity index (χ4v) is 6.06. The summed E-state index contributed by atoms with van der Waals surface area (Å²) >= 11 is 0. The summed E-state index contributed by atoms with van der Waals surface area (Å²) in [6.45, 7) is 1.79. The second kappa shape index (κ2) is 10.6. The lowest BCUT2D eigenvalue weighted by molar-refractivity contribution is -0.139. The number of amides is 3. The second-order valence-electron chi connectivity index (χ2n) is 10.3. The number of fused-ring (bicyclic) bond motifs is 1. The van der Waals surface area contributed by atoms with Crippen molar-refractivity contribution in [2.75, 3.05) is 19.7 Å². The van der Waals surface area contributed by atoms with Crippen molar-refractivity contribution in [3.63, 3.8) is 0 Å². The van der Waals surface area contributed by atoms with Crippen molar-refractivity contribution in [1.29, 1.82) is 0 Å². The predicted octanol–water partition coefficient (Wildman–Crippen LogP) is 4.47. The zero-order chi connectivity index (χ0) is 24.2. The fraction of sp³-hybridized carbons (Fsp3) is 0.483. The number of benzene rings is 2. The first-order chi connectivity index (χ1) is 17.1. The topological polar surface area (TPSA) is 66.9 Å². The lowest BCUT2D eigenvalue weighted by atomic mass is 9.82. The molecule has 3 amide bonds. The van der Waals surface area contributed by atoms with Crippen LogP contribution < -0.4 is 0 Å². The Bertz CT molecular complexity index is 1030. The summed E-state index contributed by atoms with van der Waals surface area (Å²) in [6, 6.07) is 19.2. The summed E-state index contributed by atoms with van der Waals surface area (Å²) in [4.78, 5) is 43.1. The molecule has 0 radical (unpaired) electrons. The number of ether oxygens (including phenoxy) is 1. The van der Waals surface area contributed by atoms with Gasteiger partial charge in [0.05, 0.1) is 12.0 Å². The van der Waals surface area contributed by atoms with Crippen molar-refractivity contribution in [2.24, 2.45) is 17.8 Å². The summed E-state index contributed by atoms with van der Waals surface area (Å²) in [5, 5.41) is 0. The van der Waals surface area contributed by atoms with Gasteiger partial charge in [0.1, 0.15) is 6.61 Å². The van der Waals surface area contributed by atoms with Crippen molar-refractivity contribution in [2.45, 2.75) is 51.0 Å². The molecule has 6 nitrogen and oxygen atoms in total. The molecule has 6 heteroatoms. The van der Waals surface area contributed by atoms with Gasteiger partial charge in [0.25, 0.3) is 0 Å². The summed E-state index contributed by atoms with van der Waals surface area (Å²) in [5.74, 6) is 0.319. The van der Waals surface area contributed by atoms with Gasteiger partial charge in [-0.3, -0.25) is 9.59 Å². The molecule has 0 bridgehead atoms. The van der Waals surface area contributed by atoms with Gasteiger partial charge in [-0.25, -0.2) is 9.69 Å². The van der Waals surface area contributed by atoms with Crippen LogP contribution >= 0.6 is 0 Å². The van der Waals surface area contributed by atoms with E-state index < -0.39 is 12.0 Å². The molecule has 2 saturated heterocycles. The Morgan fingerprint density at radius 3 is 2.11 bits per heavy atom. The molecule has 2 unspecified atom stereocenters. The number of carbonyl (C=O) groups is 3. The average molecular weight is 475 g/mol. The fourth-order valence-electron chi connectivity index (χ4n) is 6.06. The maximum Gasteiger partial charge on any atom is 0.416 e. The number of cyclic esters (lactones) is 1. The molecule has 3 fully saturated rings. The van der Waals surface area contributed by atoms with Crippen molar-refractivity contribution >= 4 is 17.9 Å². The minimum Gasteiger partial charge on any atom is -0.447 e. The Balaban J connectivity index is 1.33.